The predicted octanol–water partition coefficient (Wildman–Crippen LogP) is 2.84. The fraction of sp³-hybridized carbons (Fsp3) is 0.533. The summed E-state index contributed by atoms with van der Waals surface area (Å²) in [6.07, 6.45) is 1.17. The van der Waals surface area contributed by atoms with Crippen molar-refractivity contribution in [1.29, 1.82) is 5.26 Å². The monoisotopic (exact) mass is 261 g/mol. The van der Waals surface area contributed by atoms with Gasteiger partial charge in [-0.05, 0) is 50.9 Å². The van der Waals surface area contributed by atoms with Crippen LogP contribution in [0.15, 0.2) is 18.2 Å². The van der Waals surface area contributed by atoms with Gasteiger partial charge in [0.2, 0.25) is 0 Å². The van der Waals surface area contributed by atoms with E-state index >= 15 is 0 Å². The minimum Gasteiger partial charge on any atom is -0.385 e. The van der Waals surface area contributed by atoms with Crippen LogP contribution in [-0.4, -0.2) is 30.6 Å². The van der Waals surface area contributed by atoms with Crippen LogP contribution < -0.4 is 5.32 Å². The molecule has 0 spiro atoms. The van der Waals surface area contributed by atoms with Crippen molar-refractivity contribution in [3.63, 3.8) is 0 Å². The maximum absolute atomic E-state index is 13.3. The normalized spacial score (nSPS) is 19.6. The molecule has 1 aliphatic rings. The van der Waals surface area contributed by atoms with Crippen LogP contribution in [0.3, 0.4) is 0 Å². The molecule has 0 saturated carbocycles. The van der Waals surface area contributed by atoms with Crippen LogP contribution in [0.4, 0.5) is 10.1 Å². The number of nitrogens with one attached hydrogen (secondary N) is 1. The van der Waals surface area contributed by atoms with Gasteiger partial charge in [-0.1, -0.05) is 0 Å². The Morgan fingerprint density at radius 1 is 1.47 bits per heavy atom. The van der Waals surface area contributed by atoms with Crippen molar-refractivity contribution in [2.75, 3.05) is 25.0 Å². The third kappa shape index (κ3) is 3.68. The maximum atomic E-state index is 13.3. The fourth-order valence-electron chi connectivity index (χ4n) is 2.52. The van der Waals surface area contributed by atoms with Crippen molar-refractivity contribution in [3.8, 4) is 6.07 Å². The molecule has 1 atom stereocenters. The standard InChI is InChI=1S/C15H20FN3/c1-11(2)19-4-3-12(10-19)9-18-15-6-13(8-17)5-14(16)7-15/h5-7,11-12,18H,3-4,9-10H2,1-2H3. The lowest BCUT2D eigenvalue weighted by atomic mass is 10.1. The second-order valence-electron chi connectivity index (χ2n) is 5.46. The Hall–Kier alpha value is -1.60. The van der Waals surface area contributed by atoms with Crippen molar-refractivity contribution < 1.29 is 4.39 Å². The van der Waals surface area contributed by atoms with E-state index in [4.69, 9.17) is 5.26 Å². The molecule has 1 aromatic carbocycles. The summed E-state index contributed by atoms with van der Waals surface area (Å²) in [6.45, 7) is 7.47. The van der Waals surface area contributed by atoms with E-state index in [1.807, 2.05) is 6.07 Å². The van der Waals surface area contributed by atoms with Crippen LogP contribution in [0.5, 0.6) is 0 Å². The van der Waals surface area contributed by atoms with E-state index in [0.717, 1.165) is 19.6 Å². The summed E-state index contributed by atoms with van der Waals surface area (Å²) in [7, 11) is 0. The molecular formula is C15H20FN3. The predicted molar refractivity (Wildman–Crippen MR) is 74.4 cm³/mol. The molecule has 0 bridgehead atoms. The molecule has 0 aliphatic carbocycles. The van der Waals surface area contributed by atoms with Gasteiger partial charge in [-0.2, -0.15) is 5.26 Å². The van der Waals surface area contributed by atoms with Crippen molar-refractivity contribution in [2.45, 2.75) is 26.3 Å². The van der Waals surface area contributed by atoms with Gasteiger partial charge in [0.1, 0.15) is 5.82 Å². The highest BCUT2D eigenvalue weighted by Gasteiger charge is 2.23. The van der Waals surface area contributed by atoms with E-state index in [1.54, 1.807) is 6.07 Å². The van der Waals surface area contributed by atoms with Gasteiger partial charge in [-0.3, -0.25) is 0 Å². The Morgan fingerprint density at radius 3 is 2.89 bits per heavy atom. The number of hydrogen-bond donors (Lipinski definition) is 1. The lowest BCUT2D eigenvalue weighted by Crippen LogP contribution is -2.29. The zero-order valence-corrected chi connectivity index (χ0v) is 11.5. The largest absolute Gasteiger partial charge is 0.385 e. The Morgan fingerprint density at radius 2 is 2.26 bits per heavy atom. The number of hydrogen-bond acceptors (Lipinski definition) is 3. The van der Waals surface area contributed by atoms with Gasteiger partial charge in [-0.25, -0.2) is 4.39 Å². The number of likely N-dealkylation sites (tertiary alicyclic amines) is 1. The lowest BCUT2D eigenvalue weighted by Gasteiger charge is -2.20. The number of rotatable bonds is 4. The van der Waals surface area contributed by atoms with Crippen molar-refractivity contribution in [1.82, 2.24) is 4.90 Å². The van der Waals surface area contributed by atoms with Gasteiger partial charge in [0, 0.05) is 24.8 Å². The topological polar surface area (TPSA) is 39.1 Å². The summed E-state index contributed by atoms with van der Waals surface area (Å²) >= 11 is 0. The molecule has 1 aromatic rings. The smallest absolute Gasteiger partial charge is 0.126 e. The third-order valence-electron chi connectivity index (χ3n) is 3.67. The molecule has 0 radical (unpaired) electrons. The Bertz CT molecular complexity index is 479. The summed E-state index contributed by atoms with van der Waals surface area (Å²) in [5, 5.41) is 12.1. The van der Waals surface area contributed by atoms with Crippen LogP contribution in [0, 0.1) is 23.1 Å². The van der Waals surface area contributed by atoms with Crippen molar-refractivity contribution in [2.24, 2.45) is 5.92 Å². The molecule has 4 heteroatoms. The number of anilines is 1. The maximum Gasteiger partial charge on any atom is 0.126 e. The molecule has 1 saturated heterocycles. The Labute approximate surface area is 114 Å². The molecule has 1 heterocycles. The molecule has 0 amide bonds. The molecule has 19 heavy (non-hydrogen) atoms. The number of nitrogens with zero attached hydrogens (tertiary/aromatic N) is 2. The number of nitriles is 1. The first kappa shape index (κ1) is 13.8. The van der Waals surface area contributed by atoms with Crippen LogP contribution >= 0.6 is 0 Å². The second-order valence-corrected chi connectivity index (χ2v) is 5.46. The first-order valence-corrected chi connectivity index (χ1v) is 6.77. The second kappa shape index (κ2) is 6.03. The Kier molecular flexibility index (Phi) is 4.39. The van der Waals surface area contributed by atoms with Crippen LogP contribution in [-0.2, 0) is 0 Å². The average molecular weight is 261 g/mol. The van der Waals surface area contributed by atoms with E-state index in [0.29, 0.717) is 23.2 Å². The van der Waals surface area contributed by atoms with Crippen LogP contribution in [0.25, 0.3) is 0 Å². The van der Waals surface area contributed by atoms with Crippen LogP contribution in [0.2, 0.25) is 0 Å². The molecule has 1 unspecified atom stereocenters. The zero-order valence-electron chi connectivity index (χ0n) is 11.5. The summed E-state index contributed by atoms with van der Waals surface area (Å²) in [4.78, 5) is 2.46. The van der Waals surface area contributed by atoms with Gasteiger partial charge >= 0.3 is 0 Å². The van der Waals surface area contributed by atoms with E-state index in [9.17, 15) is 4.39 Å². The fourth-order valence-corrected chi connectivity index (χ4v) is 2.52. The molecular weight excluding hydrogens is 241 g/mol. The van der Waals surface area contributed by atoms with E-state index < -0.39 is 0 Å². The van der Waals surface area contributed by atoms with Gasteiger partial charge in [0.05, 0.1) is 11.6 Å². The minimum atomic E-state index is -0.364. The molecule has 1 fully saturated rings. The van der Waals surface area contributed by atoms with Crippen molar-refractivity contribution >= 4 is 5.69 Å². The summed E-state index contributed by atoms with van der Waals surface area (Å²) in [6, 6.07) is 6.94. The van der Waals surface area contributed by atoms with Crippen molar-refractivity contribution in [3.05, 3.63) is 29.6 Å². The SMILES string of the molecule is CC(C)N1CCC(CNc2cc(F)cc(C#N)c2)C1. The van der Waals surface area contributed by atoms with E-state index in [2.05, 4.69) is 24.1 Å². The third-order valence-corrected chi connectivity index (χ3v) is 3.67. The van der Waals surface area contributed by atoms with Gasteiger partial charge < -0.3 is 10.2 Å². The zero-order chi connectivity index (χ0) is 13.8. The molecule has 2 rings (SSSR count). The highest BCUT2D eigenvalue weighted by Crippen LogP contribution is 2.20. The average Bonchev–Trinajstić information content (AvgIpc) is 2.84. The summed E-state index contributed by atoms with van der Waals surface area (Å²) in [5.74, 6) is 0.230. The van der Waals surface area contributed by atoms with Gasteiger partial charge in [0.15, 0.2) is 0 Å². The highest BCUT2D eigenvalue weighted by molar-refractivity contribution is 5.49. The summed E-state index contributed by atoms with van der Waals surface area (Å²) < 4.78 is 13.3. The molecule has 1 aliphatic heterocycles. The first-order chi connectivity index (χ1) is 9.08. The quantitative estimate of drug-likeness (QED) is 0.906. The lowest BCUT2D eigenvalue weighted by molar-refractivity contribution is 0.266. The number of halogens is 1. The molecule has 0 aromatic heterocycles. The van der Waals surface area contributed by atoms with Gasteiger partial charge in [0.25, 0.3) is 0 Å². The van der Waals surface area contributed by atoms with E-state index in [-0.39, 0.29) is 5.82 Å². The first-order valence-electron chi connectivity index (χ1n) is 6.77. The highest BCUT2D eigenvalue weighted by atomic mass is 19.1. The Balaban J connectivity index is 1.90. The van der Waals surface area contributed by atoms with E-state index in [1.165, 1.54) is 18.6 Å². The van der Waals surface area contributed by atoms with Crippen LogP contribution in [0.1, 0.15) is 25.8 Å². The number of benzene rings is 1. The van der Waals surface area contributed by atoms with Gasteiger partial charge in [-0.15, -0.1) is 0 Å². The molecule has 1 N–H and O–H groups in total. The summed E-state index contributed by atoms with van der Waals surface area (Å²) in [5.41, 5.74) is 1.05. The molecule has 102 valence electrons. The molecule has 3 nitrogen and oxygen atoms in total. The minimum absolute atomic E-state index is 0.359.